The van der Waals surface area contributed by atoms with Crippen molar-refractivity contribution < 1.29 is 18.6 Å². The molecule has 178 valence electrons. The molecule has 4 aromatic rings. The van der Waals surface area contributed by atoms with Crippen LogP contribution in [0, 0.1) is 0 Å². The van der Waals surface area contributed by atoms with Crippen LogP contribution in [0.5, 0.6) is 5.75 Å². The van der Waals surface area contributed by atoms with E-state index in [2.05, 4.69) is 20.3 Å². The second kappa shape index (κ2) is 9.31. The molecule has 0 aliphatic carbocycles. The lowest BCUT2D eigenvalue weighted by Gasteiger charge is -2.30. The maximum absolute atomic E-state index is 12.7. The molecule has 0 saturated heterocycles. The summed E-state index contributed by atoms with van der Waals surface area (Å²) in [6.45, 7) is 0.387. The van der Waals surface area contributed by atoms with Crippen molar-refractivity contribution >= 4 is 34.0 Å². The zero-order chi connectivity index (χ0) is 24.4. The molecule has 2 aromatic heterocycles. The second-order valence-electron chi connectivity index (χ2n) is 7.81. The molecule has 1 aliphatic heterocycles. The minimum absolute atomic E-state index is 0.0167. The molecule has 5 rings (SSSR count). The van der Waals surface area contributed by atoms with Crippen molar-refractivity contribution in [3.05, 3.63) is 84.8 Å². The lowest BCUT2D eigenvalue weighted by Crippen LogP contribution is -2.38. The smallest absolute Gasteiger partial charge is 0.265 e. The number of ether oxygens (including phenoxy) is 1. The Morgan fingerprint density at radius 3 is 2.54 bits per heavy atom. The average Bonchev–Trinajstić information content (AvgIpc) is 2.86. The van der Waals surface area contributed by atoms with Gasteiger partial charge in [0.2, 0.25) is 5.95 Å². The van der Waals surface area contributed by atoms with Gasteiger partial charge in [0.25, 0.3) is 5.91 Å². The Hall–Kier alpha value is -4.03. The summed E-state index contributed by atoms with van der Waals surface area (Å²) in [4.78, 5) is 27.5. The number of nitrogens with one attached hydrogen (secondary N) is 1. The maximum Gasteiger partial charge on any atom is 0.265 e. The summed E-state index contributed by atoms with van der Waals surface area (Å²) in [6.07, 6.45) is 5.02. The summed E-state index contributed by atoms with van der Waals surface area (Å²) >= 11 is 0. The molecule has 10 nitrogen and oxygen atoms in total. The number of carbonyl (C=O) groups is 1. The van der Waals surface area contributed by atoms with Crippen LogP contribution in [0.15, 0.2) is 84.1 Å². The van der Waals surface area contributed by atoms with E-state index in [-0.39, 0.29) is 17.4 Å². The number of aromatic nitrogens is 3. The van der Waals surface area contributed by atoms with Crippen LogP contribution >= 0.6 is 10.8 Å². The summed E-state index contributed by atoms with van der Waals surface area (Å²) < 4.78 is 24.8. The number of nitrogens with two attached hydrogens (primary N) is 1. The highest BCUT2D eigenvalue weighted by Gasteiger charge is 2.26. The monoisotopic (exact) mass is 490 g/mol. The fraction of sp³-hybridized carbons (Fsp3) is 0.0833. The summed E-state index contributed by atoms with van der Waals surface area (Å²) in [7, 11) is -3.27. The summed E-state index contributed by atoms with van der Waals surface area (Å²) in [6, 6.07) is 17.5. The van der Waals surface area contributed by atoms with Gasteiger partial charge in [-0.1, -0.05) is 0 Å². The van der Waals surface area contributed by atoms with Gasteiger partial charge in [-0.2, -0.15) is 0 Å². The molecule has 3 heterocycles. The molecule has 0 fully saturated rings. The zero-order valence-corrected chi connectivity index (χ0v) is 19.2. The van der Waals surface area contributed by atoms with E-state index in [1.54, 1.807) is 41.7 Å². The molecule has 35 heavy (non-hydrogen) atoms. The van der Waals surface area contributed by atoms with E-state index in [0.717, 1.165) is 11.1 Å². The SMILES string of the molecule is NS(O)(O)c1ccc(Nc2nccc(-c3ccc4c(c3)N(Cc3ccncc3)C(=O)CO4)n2)cc1. The normalized spacial score (nSPS) is 13.7. The van der Waals surface area contributed by atoms with Crippen LogP contribution in [-0.2, 0) is 11.3 Å². The fourth-order valence-electron chi connectivity index (χ4n) is 3.65. The Kier molecular flexibility index (Phi) is 6.05. The van der Waals surface area contributed by atoms with Crippen LogP contribution < -0.4 is 20.1 Å². The summed E-state index contributed by atoms with van der Waals surface area (Å²) in [5.41, 5.74) is 3.73. The highest BCUT2D eigenvalue weighted by atomic mass is 32.3. The lowest BCUT2D eigenvalue weighted by atomic mass is 10.1. The first-order valence-corrected chi connectivity index (χ1v) is 12.2. The molecule has 0 atom stereocenters. The molecular weight excluding hydrogens is 468 g/mol. The molecule has 0 saturated carbocycles. The molecule has 0 unspecified atom stereocenters. The Morgan fingerprint density at radius 1 is 1.03 bits per heavy atom. The van der Waals surface area contributed by atoms with Crippen LogP contribution in [0.2, 0.25) is 0 Å². The quantitative estimate of drug-likeness (QED) is 0.312. The van der Waals surface area contributed by atoms with E-state index >= 15 is 0 Å². The van der Waals surface area contributed by atoms with Crippen LogP contribution in [-0.4, -0.2) is 36.6 Å². The van der Waals surface area contributed by atoms with Gasteiger partial charge in [-0.15, -0.1) is 10.8 Å². The van der Waals surface area contributed by atoms with E-state index in [9.17, 15) is 13.9 Å². The van der Waals surface area contributed by atoms with E-state index < -0.39 is 10.8 Å². The number of amides is 1. The zero-order valence-electron chi connectivity index (χ0n) is 18.4. The minimum Gasteiger partial charge on any atom is -0.482 e. The molecule has 1 aliphatic rings. The van der Waals surface area contributed by atoms with Gasteiger partial charge in [-0.25, -0.2) is 15.1 Å². The van der Waals surface area contributed by atoms with E-state index in [1.807, 2.05) is 30.3 Å². The number of benzene rings is 2. The number of carbonyl (C=O) groups excluding carboxylic acids is 1. The van der Waals surface area contributed by atoms with Gasteiger partial charge in [0, 0.05) is 29.8 Å². The number of nitrogens with zero attached hydrogens (tertiary/aromatic N) is 4. The van der Waals surface area contributed by atoms with Crippen LogP contribution in [0.4, 0.5) is 17.3 Å². The Bertz CT molecular complexity index is 1360. The number of hydrogen-bond acceptors (Lipinski definition) is 9. The van der Waals surface area contributed by atoms with Crippen LogP contribution in [0.25, 0.3) is 11.3 Å². The third-order valence-electron chi connectivity index (χ3n) is 5.40. The Balaban J connectivity index is 1.41. The molecule has 2 aromatic carbocycles. The predicted octanol–water partition coefficient (Wildman–Crippen LogP) is 4.19. The topological polar surface area (TPSA) is 147 Å². The standard InChI is InChI=1S/C24H22N6O4S/c25-35(32,33)19-4-2-18(3-5-19)28-24-27-12-9-20(29-24)17-1-6-22-21(13-17)30(23(31)15-34-22)14-16-7-10-26-11-8-16/h1-13,32-33H,14-15,25H2,(H,27,28,29). The highest BCUT2D eigenvalue weighted by Crippen LogP contribution is 2.40. The number of anilines is 3. The first kappa shape index (κ1) is 22.7. The van der Waals surface area contributed by atoms with Gasteiger partial charge in [-0.3, -0.25) is 18.9 Å². The van der Waals surface area contributed by atoms with Crippen molar-refractivity contribution in [2.24, 2.45) is 5.14 Å². The number of pyridine rings is 1. The van der Waals surface area contributed by atoms with E-state index in [0.29, 0.717) is 35.3 Å². The van der Waals surface area contributed by atoms with E-state index in [4.69, 9.17) is 9.88 Å². The Morgan fingerprint density at radius 2 is 1.80 bits per heavy atom. The Labute approximate surface area is 202 Å². The van der Waals surface area contributed by atoms with E-state index in [1.165, 1.54) is 12.1 Å². The van der Waals surface area contributed by atoms with Crippen molar-refractivity contribution in [3.63, 3.8) is 0 Å². The molecular formula is C24H22N6O4S. The van der Waals surface area contributed by atoms with Gasteiger partial charge in [0.1, 0.15) is 5.75 Å². The summed E-state index contributed by atoms with van der Waals surface area (Å²) in [5, 5.41) is 8.46. The molecule has 11 heteroatoms. The van der Waals surface area contributed by atoms with Crippen molar-refractivity contribution in [1.29, 1.82) is 0 Å². The summed E-state index contributed by atoms with van der Waals surface area (Å²) in [5.74, 6) is 0.850. The molecule has 1 amide bonds. The first-order valence-electron chi connectivity index (χ1n) is 10.6. The molecule has 5 N–H and O–H groups in total. The largest absolute Gasteiger partial charge is 0.482 e. The highest BCUT2D eigenvalue weighted by molar-refractivity contribution is 8.22. The molecule has 0 radical (unpaired) electrons. The first-order chi connectivity index (χ1) is 16.9. The molecule has 0 bridgehead atoms. The average molecular weight is 491 g/mol. The number of hydrogen-bond donors (Lipinski definition) is 4. The fourth-order valence-corrected chi connectivity index (χ4v) is 4.19. The van der Waals surface area contributed by atoms with Gasteiger partial charge < -0.3 is 15.0 Å². The van der Waals surface area contributed by atoms with Crippen molar-refractivity contribution in [1.82, 2.24) is 15.0 Å². The minimum atomic E-state index is -3.27. The lowest BCUT2D eigenvalue weighted by molar-refractivity contribution is -0.121. The van der Waals surface area contributed by atoms with Crippen molar-refractivity contribution in [2.75, 3.05) is 16.8 Å². The van der Waals surface area contributed by atoms with Crippen molar-refractivity contribution in [3.8, 4) is 17.0 Å². The van der Waals surface area contributed by atoms with Gasteiger partial charge in [-0.05, 0) is 66.2 Å². The van der Waals surface area contributed by atoms with Gasteiger partial charge in [0.15, 0.2) is 6.61 Å². The van der Waals surface area contributed by atoms with Gasteiger partial charge in [0.05, 0.1) is 22.8 Å². The predicted molar refractivity (Wildman–Crippen MR) is 133 cm³/mol. The third-order valence-corrected chi connectivity index (χ3v) is 6.37. The number of rotatable bonds is 6. The third kappa shape index (κ3) is 5.08. The van der Waals surface area contributed by atoms with Crippen LogP contribution in [0.1, 0.15) is 5.56 Å². The maximum atomic E-state index is 12.7. The number of fused-ring (bicyclic) bond motifs is 1. The van der Waals surface area contributed by atoms with Crippen LogP contribution in [0.3, 0.4) is 0 Å². The second-order valence-corrected chi connectivity index (χ2v) is 9.47. The van der Waals surface area contributed by atoms with Crippen molar-refractivity contribution in [2.45, 2.75) is 11.4 Å². The van der Waals surface area contributed by atoms with Gasteiger partial charge >= 0.3 is 0 Å². The molecule has 0 spiro atoms.